The normalized spacial score (nSPS) is 11.6. The fraction of sp³-hybridized carbons (Fsp3) is 0.188. The molecule has 1 N–H and O–H groups in total. The third-order valence-corrected chi connectivity index (χ3v) is 3.71. The van der Waals surface area contributed by atoms with E-state index in [9.17, 15) is 14.9 Å². The summed E-state index contributed by atoms with van der Waals surface area (Å²) in [5.74, 6) is 0.0263. The molecule has 1 amide bonds. The predicted octanol–water partition coefficient (Wildman–Crippen LogP) is 3.99. The number of hydrogen-bond acceptors (Lipinski definition) is 4. The van der Waals surface area contributed by atoms with Gasteiger partial charge in [-0.3, -0.25) is 14.9 Å². The average Bonchev–Trinajstić information content (AvgIpc) is 2.55. The summed E-state index contributed by atoms with van der Waals surface area (Å²) in [6.45, 7) is 1.83. The van der Waals surface area contributed by atoms with Crippen molar-refractivity contribution in [1.82, 2.24) is 5.32 Å². The molecule has 0 aromatic heterocycles. The second kappa shape index (κ2) is 7.99. The van der Waals surface area contributed by atoms with Crippen molar-refractivity contribution in [3.63, 3.8) is 0 Å². The van der Waals surface area contributed by atoms with E-state index in [4.69, 9.17) is 27.9 Å². The summed E-state index contributed by atoms with van der Waals surface area (Å²) in [6, 6.07) is 10.7. The van der Waals surface area contributed by atoms with Gasteiger partial charge in [-0.15, -0.1) is 0 Å². The summed E-state index contributed by atoms with van der Waals surface area (Å²) < 4.78 is 5.51. The lowest BCUT2D eigenvalue weighted by atomic mass is 10.2. The first-order chi connectivity index (χ1) is 11.4. The van der Waals surface area contributed by atoms with Crippen LogP contribution in [0.5, 0.6) is 5.75 Å². The molecule has 24 heavy (non-hydrogen) atoms. The van der Waals surface area contributed by atoms with Crippen LogP contribution >= 0.6 is 23.2 Å². The summed E-state index contributed by atoms with van der Waals surface area (Å²) in [6.07, 6.45) is -0.762. The van der Waals surface area contributed by atoms with E-state index in [0.717, 1.165) is 5.56 Å². The Morgan fingerprint density at radius 3 is 2.50 bits per heavy atom. The minimum absolute atomic E-state index is 0.000779. The summed E-state index contributed by atoms with van der Waals surface area (Å²) >= 11 is 11.8. The molecule has 8 heteroatoms. The third-order valence-electron chi connectivity index (χ3n) is 3.18. The molecule has 0 bridgehead atoms. The van der Waals surface area contributed by atoms with Crippen molar-refractivity contribution in [2.24, 2.45) is 0 Å². The van der Waals surface area contributed by atoms with Gasteiger partial charge >= 0.3 is 0 Å². The van der Waals surface area contributed by atoms with Crippen LogP contribution in [0.15, 0.2) is 42.5 Å². The monoisotopic (exact) mass is 368 g/mol. The van der Waals surface area contributed by atoms with Gasteiger partial charge in [0.2, 0.25) is 0 Å². The maximum atomic E-state index is 12.1. The number of benzene rings is 2. The number of nitrogens with zero attached hydrogens (tertiary/aromatic N) is 1. The molecule has 1 unspecified atom stereocenters. The Bertz CT molecular complexity index is 750. The van der Waals surface area contributed by atoms with E-state index >= 15 is 0 Å². The lowest BCUT2D eigenvalue weighted by Gasteiger charge is -2.15. The average molecular weight is 369 g/mol. The Balaban J connectivity index is 1.90. The maximum Gasteiger partial charge on any atom is 0.269 e. The first-order valence-corrected chi connectivity index (χ1v) is 7.75. The van der Waals surface area contributed by atoms with Gasteiger partial charge in [-0.05, 0) is 30.7 Å². The number of ether oxygens (including phenoxy) is 1. The van der Waals surface area contributed by atoms with E-state index in [2.05, 4.69) is 5.32 Å². The van der Waals surface area contributed by atoms with Crippen LogP contribution < -0.4 is 10.1 Å². The van der Waals surface area contributed by atoms with Crippen LogP contribution in [-0.4, -0.2) is 16.9 Å². The molecular weight excluding hydrogens is 355 g/mol. The highest BCUT2D eigenvalue weighted by molar-refractivity contribution is 6.35. The fourth-order valence-corrected chi connectivity index (χ4v) is 2.34. The van der Waals surface area contributed by atoms with Crippen LogP contribution in [0.1, 0.15) is 12.5 Å². The zero-order chi connectivity index (χ0) is 17.7. The van der Waals surface area contributed by atoms with Crippen LogP contribution in [-0.2, 0) is 11.3 Å². The molecule has 2 aromatic carbocycles. The molecule has 2 rings (SSSR count). The fourth-order valence-electron chi connectivity index (χ4n) is 1.88. The molecule has 6 nitrogen and oxygen atoms in total. The number of hydrogen-bond donors (Lipinski definition) is 1. The molecule has 0 aliphatic heterocycles. The minimum Gasteiger partial charge on any atom is -0.479 e. The first-order valence-electron chi connectivity index (χ1n) is 6.99. The molecule has 0 spiro atoms. The number of nitro benzene ring substituents is 1. The lowest BCUT2D eigenvalue weighted by molar-refractivity contribution is -0.384. The Labute approximate surface area is 148 Å². The number of carbonyl (C=O) groups is 1. The Kier molecular flexibility index (Phi) is 6.00. The van der Waals surface area contributed by atoms with Crippen LogP contribution in [0.4, 0.5) is 5.69 Å². The van der Waals surface area contributed by atoms with Gasteiger partial charge in [-0.2, -0.15) is 0 Å². The van der Waals surface area contributed by atoms with Gasteiger partial charge in [-0.25, -0.2) is 0 Å². The lowest BCUT2D eigenvalue weighted by Crippen LogP contribution is -2.35. The highest BCUT2D eigenvalue weighted by atomic mass is 35.5. The first kappa shape index (κ1) is 18.0. The summed E-state index contributed by atoms with van der Waals surface area (Å²) in [4.78, 5) is 22.2. The number of amides is 1. The van der Waals surface area contributed by atoms with Gasteiger partial charge in [0.25, 0.3) is 11.6 Å². The van der Waals surface area contributed by atoms with Crippen molar-refractivity contribution in [1.29, 1.82) is 0 Å². The van der Waals surface area contributed by atoms with E-state index < -0.39 is 11.0 Å². The summed E-state index contributed by atoms with van der Waals surface area (Å²) in [7, 11) is 0. The van der Waals surface area contributed by atoms with Gasteiger partial charge in [0.05, 0.1) is 9.95 Å². The topological polar surface area (TPSA) is 81.5 Å². The van der Waals surface area contributed by atoms with Crippen molar-refractivity contribution in [2.45, 2.75) is 19.6 Å². The highest BCUT2D eigenvalue weighted by Gasteiger charge is 2.16. The molecule has 0 fully saturated rings. The van der Waals surface area contributed by atoms with E-state index in [-0.39, 0.29) is 18.1 Å². The Hall–Kier alpha value is -2.31. The smallest absolute Gasteiger partial charge is 0.269 e. The number of nitro groups is 1. The van der Waals surface area contributed by atoms with Crippen LogP contribution in [0.3, 0.4) is 0 Å². The summed E-state index contributed by atoms with van der Waals surface area (Å²) in [5.41, 5.74) is 0.741. The maximum absolute atomic E-state index is 12.1. The largest absolute Gasteiger partial charge is 0.479 e. The van der Waals surface area contributed by atoms with E-state index in [1.807, 2.05) is 0 Å². The summed E-state index contributed by atoms with van der Waals surface area (Å²) in [5, 5.41) is 14.1. The van der Waals surface area contributed by atoms with Crippen molar-refractivity contribution in [3.05, 3.63) is 68.2 Å². The van der Waals surface area contributed by atoms with Crippen LogP contribution in [0.25, 0.3) is 0 Å². The number of halogens is 2. The number of carbonyl (C=O) groups excluding carboxylic acids is 1. The van der Waals surface area contributed by atoms with E-state index in [1.54, 1.807) is 31.2 Å². The molecule has 0 aliphatic carbocycles. The molecular formula is C16H14Cl2N2O4. The molecule has 0 saturated heterocycles. The Morgan fingerprint density at radius 1 is 1.25 bits per heavy atom. The number of nitrogens with one attached hydrogen (secondary N) is 1. The van der Waals surface area contributed by atoms with Gasteiger partial charge in [0, 0.05) is 23.7 Å². The van der Waals surface area contributed by atoms with E-state index in [1.165, 1.54) is 18.2 Å². The van der Waals surface area contributed by atoms with Crippen molar-refractivity contribution >= 4 is 34.8 Å². The van der Waals surface area contributed by atoms with Crippen LogP contribution in [0.2, 0.25) is 10.0 Å². The number of non-ortho nitro benzene ring substituents is 1. The quantitative estimate of drug-likeness (QED) is 0.617. The molecule has 0 radical (unpaired) electrons. The van der Waals surface area contributed by atoms with Crippen molar-refractivity contribution < 1.29 is 14.5 Å². The Morgan fingerprint density at radius 2 is 1.92 bits per heavy atom. The van der Waals surface area contributed by atoms with Crippen molar-refractivity contribution in [2.75, 3.05) is 0 Å². The van der Waals surface area contributed by atoms with Crippen molar-refractivity contribution in [3.8, 4) is 5.75 Å². The molecule has 0 aliphatic rings. The molecule has 0 saturated carbocycles. The zero-order valence-electron chi connectivity index (χ0n) is 12.7. The van der Waals surface area contributed by atoms with Crippen LogP contribution in [0, 0.1) is 10.1 Å². The predicted molar refractivity (Wildman–Crippen MR) is 91.5 cm³/mol. The SMILES string of the molecule is CC(Oc1ccc(Cl)cc1Cl)C(=O)NCc1ccc([N+](=O)[O-])cc1. The van der Waals surface area contributed by atoms with Gasteiger partial charge in [-0.1, -0.05) is 35.3 Å². The molecule has 1 atom stereocenters. The van der Waals surface area contributed by atoms with E-state index in [0.29, 0.717) is 15.8 Å². The molecule has 0 heterocycles. The third kappa shape index (κ3) is 4.84. The number of rotatable bonds is 6. The molecule has 126 valence electrons. The zero-order valence-corrected chi connectivity index (χ0v) is 14.2. The minimum atomic E-state index is -0.762. The van der Waals surface area contributed by atoms with Gasteiger partial charge < -0.3 is 10.1 Å². The highest BCUT2D eigenvalue weighted by Crippen LogP contribution is 2.28. The second-order valence-electron chi connectivity index (χ2n) is 4.98. The standard InChI is InChI=1S/C16H14Cl2N2O4/c1-10(24-15-7-4-12(17)8-14(15)18)16(21)19-9-11-2-5-13(6-3-11)20(22)23/h2-8,10H,9H2,1H3,(H,19,21). The molecule has 2 aromatic rings. The van der Waals surface area contributed by atoms with Gasteiger partial charge in [0.1, 0.15) is 5.75 Å². The second-order valence-corrected chi connectivity index (χ2v) is 5.82. The van der Waals surface area contributed by atoms with Gasteiger partial charge in [0.15, 0.2) is 6.10 Å².